The van der Waals surface area contributed by atoms with Crippen LogP contribution in [-0.4, -0.2) is 35.9 Å². The molecular formula is C8H13N5O4. The summed E-state index contributed by atoms with van der Waals surface area (Å²) in [4.78, 5) is 21.7. The number of hydrogen-bond donors (Lipinski definition) is 2. The Hall–Kier alpha value is -1.90. The molecule has 1 aliphatic heterocycles. The molecule has 1 atom stereocenters. The number of rotatable bonds is 6. The second-order valence-electron chi connectivity index (χ2n) is 3.60. The molecule has 9 heteroatoms. The minimum Gasteiger partial charge on any atom is -0.480 e. The van der Waals surface area contributed by atoms with E-state index in [1.54, 1.807) is 0 Å². The number of esters is 1. The van der Waals surface area contributed by atoms with Gasteiger partial charge in [-0.3, -0.25) is 9.59 Å². The first-order valence-electron chi connectivity index (χ1n) is 4.88. The van der Waals surface area contributed by atoms with E-state index in [1.807, 2.05) is 0 Å². The van der Waals surface area contributed by atoms with Crippen LogP contribution >= 0.6 is 0 Å². The first kappa shape index (κ1) is 13.2. The minimum absolute atomic E-state index is 0.115. The van der Waals surface area contributed by atoms with E-state index < -0.39 is 23.6 Å². The molecule has 0 amide bonds. The van der Waals surface area contributed by atoms with Crippen LogP contribution in [-0.2, 0) is 14.3 Å². The molecule has 0 aromatic carbocycles. The zero-order valence-corrected chi connectivity index (χ0v) is 9.24. The molecule has 0 aromatic heterocycles. The Bertz CT molecular complexity index is 355. The molecule has 17 heavy (non-hydrogen) atoms. The first-order valence-corrected chi connectivity index (χ1v) is 4.88. The van der Waals surface area contributed by atoms with Gasteiger partial charge < -0.3 is 15.6 Å². The van der Waals surface area contributed by atoms with Crippen LogP contribution in [0.2, 0.25) is 0 Å². The normalized spacial score (nSPS) is 18.0. The predicted molar refractivity (Wildman–Crippen MR) is 53.9 cm³/mol. The number of ether oxygens (including phenoxy) is 1. The summed E-state index contributed by atoms with van der Waals surface area (Å²) in [6, 6.07) is -1.03. The molecule has 9 nitrogen and oxygen atoms in total. The topological polar surface area (TPSA) is 139 Å². The number of methoxy groups -OCH3 is 1. The summed E-state index contributed by atoms with van der Waals surface area (Å²) in [5, 5.41) is 22.8. The van der Waals surface area contributed by atoms with Crippen molar-refractivity contribution >= 4 is 11.9 Å². The number of nitrogens with two attached hydrogens (primary N) is 1. The van der Waals surface area contributed by atoms with E-state index in [1.165, 1.54) is 7.11 Å². The van der Waals surface area contributed by atoms with Crippen molar-refractivity contribution in [1.29, 1.82) is 0 Å². The number of carbonyl (C=O) groups is 2. The molecule has 0 spiro atoms. The van der Waals surface area contributed by atoms with E-state index in [0.29, 0.717) is 0 Å². The number of nitrogens with zero attached hydrogens (tertiary/aromatic N) is 4. The van der Waals surface area contributed by atoms with Gasteiger partial charge in [0.15, 0.2) is 0 Å². The predicted octanol–water partition coefficient (Wildman–Crippen LogP) is 0.271. The van der Waals surface area contributed by atoms with Crippen LogP contribution in [0.4, 0.5) is 0 Å². The van der Waals surface area contributed by atoms with Crippen LogP contribution < -0.4 is 5.73 Å². The summed E-state index contributed by atoms with van der Waals surface area (Å²) in [5.41, 5.74) is 4.19. The van der Waals surface area contributed by atoms with Crippen LogP contribution in [0.25, 0.3) is 0 Å². The second kappa shape index (κ2) is 5.43. The zero-order valence-electron chi connectivity index (χ0n) is 9.24. The highest BCUT2D eigenvalue weighted by Crippen LogP contribution is 2.30. The lowest BCUT2D eigenvalue weighted by molar-refractivity contribution is -0.142. The van der Waals surface area contributed by atoms with Crippen molar-refractivity contribution in [3.05, 3.63) is 0 Å². The van der Waals surface area contributed by atoms with Crippen LogP contribution in [0.5, 0.6) is 0 Å². The minimum atomic E-state index is -1.17. The number of aliphatic carboxylic acids is 1. The monoisotopic (exact) mass is 243 g/mol. The molecule has 3 N–H and O–H groups in total. The van der Waals surface area contributed by atoms with Crippen molar-refractivity contribution < 1.29 is 19.4 Å². The van der Waals surface area contributed by atoms with Gasteiger partial charge in [-0.25, -0.2) is 0 Å². The molecule has 0 fully saturated rings. The quantitative estimate of drug-likeness (QED) is 0.644. The van der Waals surface area contributed by atoms with Crippen LogP contribution in [0.1, 0.15) is 19.3 Å². The van der Waals surface area contributed by atoms with Crippen molar-refractivity contribution in [2.45, 2.75) is 31.0 Å². The lowest BCUT2D eigenvalue weighted by Gasteiger charge is -2.18. The van der Waals surface area contributed by atoms with Gasteiger partial charge in [0.1, 0.15) is 6.04 Å². The van der Waals surface area contributed by atoms with Crippen molar-refractivity contribution in [3.8, 4) is 0 Å². The van der Waals surface area contributed by atoms with E-state index in [0.717, 1.165) is 0 Å². The highest BCUT2D eigenvalue weighted by molar-refractivity contribution is 5.73. The lowest BCUT2D eigenvalue weighted by Crippen LogP contribution is -2.34. The Balaban J connectivity index is 2.61. The number of carboxylic acid groups (broad SMARTS) is 1. The highest BCUT2D eigenvalue weighted by Gasteiger charge is 2.37. The summed E-state index contributed by atoms with van der Waals surface area (Å²) in [6.45, 7) is 0. The Labute approximate surface area is 96.7 Å². The van der Waals surface area contributed by atoms with E-state index in [4.69, 9.17) is 10.8 Å². The van der Waals surface area contributed by atoms with Crippen LogP contribution in [0, 0.1) is 0 Å². The zero-order chi connectivity index (χ0) is 12.9. The van der Waals surface area contributed by atoms with E-state index in [-0.39, 0.29) is 19.3 Å². The molecule has 1 heterocycles. The van der Waals surface area contributed by atoms with Gasteiger partial charge in [-0.1, -0.05) is 0 Å². The van der Waals surface area contributed by atoms with Crippen molar-refractivity contribution in [1.82, 2.24) is 0 Å². The molecule has 94 valence electrons. The molecule has 0 radical (unpaired) electrons. The number of carboxylic acids is 1. The summed E-state index contributed by atoms with van der Waals surface area (Å²) in [6.07, 6.45) is 0.149. The van der Waals surface area contributed by atoms with Crippen LogP contribution in [0.3, 0.4) is 0 Å². The summed E-state index contributed by atoms with van der Waals surface area (Å²) < 4.78 is 4.50. The third-order valence-electron chi connectivity index (χ3n) is 2.33. The third kappa shape index (κ3) is 3.55. The third-order valence-corrected chi connectivity index (χ3v) is 2.33. The molecular weight excluding hydrogens is 230 g/mol. The maximum atomic E-state index is 11.2. The highest BCUT2D eigenvalue weighted by atomic mass is 16.5. The number of carbonyl (C=O) groups excluding carboxylic acids is 1. The summed E-state index contributed by atoms with van der Waals surface area (Å²) in [5.74, 6) is -1.64. The van der Waals surface area contributed by atoms with Crippen molar-refractivity contribution in [2.75, 3.05) is 7.11 Å². The van der Waals surface area contributed by atoms with E-state index in [2.05, 4.69) is 25.4 Å². The van der Waals surface area contributed by atoms with Crippen molar-refractivity contribution in [2.24, 2.45) is 26.4 Å². The molecule has 0 aromatic rings. The average molecular weight is 243 g/mol. The van der Waals surface area contributed by atoms with Gasteiger partial charge in [0.2, 0.25) is 5.66 Å². The van der Waals surface area contributed by atoms with Gasteiger partial charge in [0, 0.05) is 0 Å². The van der Waals surface area contributed by atoms with Gasteiger partial charge >= 0.3 is 11.9 Å². The Kier molecular flexibility index (Phi) is 4.21. The Morgan fingerprint density at radius 3 is 2.47 bits per heavy atom. The Morgan fingerprint density at radius 2 is 2.00 bits per heavy atom. The first-order chi connectivity index (χ1) is 7.99. The molecule has 0 saturated carbocycles. The average Bonchev–Trinajstić information content (AvgIpc) is 2.74. The molecule has 1 aliphatic rings. The number of hydrogen-bond acceptors (Lipinski definition) is 8. The van der Waals surface area contributed by atoms with Crippen molar-refractivity contribution in [3.63, 3.8) is 0 Å². The smallest absolute Gasteiger partial charge is 0.320 e. The molecule has 0 unspecified atom stereocenters. The standard InChI is InChI=1S/C8H13N5O4/c1-17-6(14)4-8(10-12-13-11-8)3-2-5(9)7(15)16/h5H,2-4,9H2,1H3,(H,15,16)/t5-/m0/s1. The second-order valence-corrected chi connectivity index (χ2v) is 3.60. The van der Waals surface area contributed by atoms with Crippen LogP contribution in [0.15, 0.2) is 20.7 Å². The van der Waals surface area contributed by atoms with Gasteiger partial charge in [-0.15, -0.1) is 10.2 Å². The van der Waals surface area contributed by atoms with E-state index in [9.17, 15) is 9.59 Å². The fourth-order valence-electron chi connectivity index (χ4n) is 1.30. The van der Waals surface area contributed by atoms with Gasteiger partial charge in [-0.2, -0.15) is 0 Å². The fourth-order valence-corrected chi connectivity index (χ4v) is 1.30. The van der Waals surface area contributed by atoms with Gasteiger partial charge in [0.25, 0.3) is 0 Å². The maximum absolute atomic E-state index is 11.2. The molecule has 0 bridgehead atoms. The largest absolute Gasteiger partial charge is 0.480 e. The van der Waals surface area contributed by atoms with Gasteiger partial charge in [0.05, 0.1) is 13.5 Å². The molecule has 1 rings (SSSR count). The SMILES string of the molecule is COC(=O)CC1(CC[C@H](N)C(=O)O)N=NN=N1. The Morgan fingerprint density at radius 1 is 1.41 bits per heavy atom. The maximum Gasteiger partial charge on any atom is 0.320 e. The summed E-state index contributed by atoms with van der Waals surface area (Å²) in [7, 11) is 1.24. The van der Waals surface area contributed by atoms with E-state index >= 15 is 0 Å². The molecule has 0 saturated heterocycles. The van der Waals surface area contributed by atoms with Gasteiger partial charge in [-0.05, 0) is 23.3 Å². The lowest BCUT2D eigenvalue weighted by atomic mass is 9.98. The molecule has 0 aliphatic carbocycles. The summed E-state index contributed by atoms with van der Waals surface area (Å²) >= 11 is 0. The fraction of sp³-hybridized carbons (Fsp3) is 0.750.